The molecule has 1 fully saturated rings. The highest BCUT2D eigenvalue weighted by molar-refractivity contribution is 5.94. The van der Waals surface area contributed by atoms with Gasteiger partial charge in [-0.25, -0.2) is 4.98 Å². The standard InChI is InChI=1S/C19H23N5O.C2H4O2/c1-14(25)12-15-2-5-17(6-3-15)23-8-10-24(11-9-23)18-7-4-16(13-22-18)19(20)21;1-2(3)4/h2-7,13H,8-12H2,1H3,(H3,20,21);1H3,(H,3,4). The Kier molecular flexibility index (Phi) is 7.70. The fraction of sp³-hybridized carbons (Fsp3) is 0.333. The van der Waals surface area contributed by atoms with E-state index in [1.54, 1.807) is 13.1 Å². The van der Waals surface area contributed by atoms with E-state index in [1.165, 1.54) is 5.69 Å². The van der Waals surface area contributed by atoms with Crippen molar-refractivity contribution in [2.75, 3.05) is 36.0 Å². The lowest BCUT2D eigenvalue weighted by Crippen LogP contribution is -2.46. The van der Waals surface area contributed by atoms with Crippen molar-refractivity contribution >= 4 is 29.1 Å². The molecule has 0 amide bonds. The van der Waals surface area contributed by atoms with Crippen molar-refractivity contribution in [1.29, 1.82) is 5.41 Å². The maximum Gasteiger partial charge on any atom is 0.300 e. The van der Waals surface area contributed by atoms with Gasteiger partial charge in [0.15, 0.2) is 0 Å². The lowest BCUT2D eigenvalue weighted by molar-refractivity contribution is -0.134. The van der Waals surface area contributed by atoms with Crippen molar-refractivity contribution in [3.05, 3.63) is 53.7 Å². The Balaban J connectivity index is 0.000000687. The van der Waals surface area contributed by atoms with E-state index < -0.39 is 5.97 Å². The topological polar surface area (TPSA) is 124 Å². The molecule has 1 aromatic carbocycles. The van der Waals surface area contributed by atoms with Crippen LogP contribution < -0.4 is 15.5 Å². The normalized spacial score (nSPS) is 13.3. The van der Waals surface area contributed by atoms with E-state index in [9.17, 15) is 4.79 Å². The van der Waals surface area contributed by atoms with Gasteiger partial charge in [0.2, 0.25) is 0 Å². The average molecular weight is 397 g/mol. The molecule has 0 radical (unpaired) electrons. The maximum atomic E-state index is 11.2. The van der Waals surface area contributed by atoms with Crippen LogP contribution in [-0.2, 0) is 16.0 Å². The number of nitrogens with zero attached hydrogens (tertiary/aromatic N) is 3. The van der Waals surface area contributed by atoms with Gasteiger partial charge in [-0.3, -0.25) is 15.0 Å². The summed E-state index contributed by atoms with van der Waals surface area (Å²) in [5, 5.41) is 14.8. The summed E-state index contributed by atoms with van der Waals surface area (Å²) in [5.74, 6) is 0.309. The number of carbonyl (C=O) groups excluding carboxylic acids is 1. The van der Waals surface area contributed by atoms with Gasteiger partial charge in [0.1, 0.15) is 17.4 Å². The molecule has 2 aromatic rings. The Morgan fingerprint density at radius 2 is 1.59 bits per heavy atom. The van der Waals surface area contributed by atoms with E-state index in [0.29, 0.717) is 12.0 Å². The summed E-state index contributed by atoms with van der Waals surface area (Å²) in [6.45, 7) is 6.32. The van der Waals surface area contributed by atoms with Gasteiger partial charge in [-0.2, -0.15) is 0 Å². The third-order valence-corrected chi connectivity index (χ3v) is 4.42. The number of pyridine rings is 1. The molecule has 1 aliphatic heterocycles. The van der Waals surface area contributed by atoms with Crippen molar-refractivity contribution in [3.8, 4) is 0 Å². The van der Waals surface area contributed by atoms with Crippen LogP contribution in [0, 0.1) is 5.41 Å². The quantitative estimate of drug-likeness (QED) is 0.520. The second kappa shape index (κ2) is 10.2. The van der Waals surface area contributed by atoms with Gasteiger partial charge in [-0.15, -0.1) is 0 Å². The lowest BCUT2D eigenvalue weighted by Gasteiger charge is -2.36. The van der Waals surface area contributed by atoms with Crippen molar-refractivity contribution in [2.24, 2.45) is 5.73 Å². The zero-order chi connectivity index (χ0) is 21.4. The van der Waals surface area contributed by atoms with E-state index in [-0.39, 0.29) is 11.6 Å². The zero-order valence-corrected chi connectivity index (χ0v) is 16.8. The number of benzene rings is 1. The number of carboxylic acids is 1. The number of carboxylic acid groups (broad SMARTS) is 1. The number of piperazine rings is 1. The first-order valence-corrected chi connectivity index (χ1v) is 9.34. The number of nitrogens with two attached hydrogens (primary N) is 1. The maximum absolute atomic E-state index is 11.2. The predicted molar refractivity (Wildman–Crippen MR) is 114 cm³/mol. The summed E-state index contributed by atoms with van der Waals surface area (Å²) in [6, 6.07) is 12.0. The average Bonchev–Trinajstić information content (AvgIpc) is 2.68. The molecule has 0 atom stereocenters. The Hall–Kier alpha value is -3.42. The molecule has 2 heterocycles. The van der Waals surface area contributed by atoms with E-state index >= 15 is 0 Å². The molecule has 154 valence electrons. The van der Waals surface area contributed by atoms with Gasteiger partial charge < -0.3 is 20.6 Å². The molecule has 4 N–H and O–H groups in total. The van der Waals surface area contributed by atoms with Crippen molar-refractivity contribution < 1.29 is 14.7 Å². The summed E-state index contributed by atoms with van der Waals surface area (Å²) >= 11 is 0. The van der Waals surface area contributed by atoms with Crippen molar-refractivity contribution in [3.63, 3.8) is 0 Å². The molecule has 0 saturated carbocycles. The largest absolute Gasteiger partial charge is 0.481 e. The third-order valence-electron chi connectivity index (χ3n) is 4.42. The second-order valence-electron chi connectivity index (χ2n) is 6.86. The minimum absolute atomic E-state index is 0.0390. The number of anilines is 2. The Labute approximate surface area is 170 Å². The van der Waals surface area contributed by atoms with Gasteiger partial charge in [-0.05, 0) is 36.8 Å². The molecule has 8 nitrogen and oxygen atoms in total. The highest BCUT2D eigenvalue weighted by Crippen LogP contribution is 2.20. The Bertz CT molecular complexity index is 838. The van der Waals surface area contributed by atoms with Crippen LogP contribution in [0.4, 0.5) is 11.5 Å². The zero-order valence-electron chi connectivity index (χ0n) is 16.8. The smallest absolute Gasteiger partial charge is 0.300 e. The van der Waals surface area contributed by atoms with Crippen LogP contribution in [0.1, 0.15) is 25.0 Å². The molecule has 8 heteroatoms. The van der Waals surface area contributed by atoms with Crippen LogP contribution in [0.15, 0.2) is 42.6 Å². The summed E-state index contributed by atoms with van der Waals surface area (Å²) in [7, 11) is 0. The van der Waals surface area contributed by atoms with Crippen LogP contribution in [0.3, 0.4) is 0 Å². The molecule has 0 unspecified atom stereocenters. The number of amidine groups is 1. The molecule has 0 spiro atoms. The molecule has 29 heavy (non-hydrogen) atoms. The minimum Gasteiger partial charge on any atom is -0.481 e. The molecule has 1 aliphatic rings. The van der Waals surface area contributed by atoms with Crippen LogP contribution in [0.5, 0.6) is 0 Å². The summed E-state index contributed by atoms with van der Waals surface area (Å²) in [5.41, 5.74) is 8.36. The number of nitrogen functional groups attached to an aromatic ring is 1. The van der Waals surface area contributed by atoms with E-state index in [1.807, 2.05) is 24.3 Å². The minimum atomic E-state index is -0.833. The van der Waals surface area contributed by atoms with Gasteiger partial charge in [0.25, 0.3) is 5.97 Å². The number of carbonyl (C=O) groups is 2. The van der Waals surface area contributed by atoms with Crippen LogP contribution in [-0.4, -0.2) is 53.9 Å². The van der Waals surface area contributed by atoms with Gasteiger partial charge in [0, 0.05) is 57.0 Å². The summed E-state index contributed by atoms with van der Waals surface area (Å²) in [4.78, 5) is 29.2. The van der Waals surface area contributed by atoms with Crippen molar-refractivity contribution in [2.45, 2.75) is 20.3 Å². The highest BCUT2D eigenvalue weighted by Gasteiger charge is 2.18. The predicted octanol–water partition coefficient (Wildman–Crippen LogP) is 1.91. The first kappa shape index (κ1) is 21.9. The highest BCUT2D eigenvalue weighted by atomic mass is 16.4. The second-order valence-corrected chi connectivity index (χ2v) is 6.86. The number of aromatic nitrogens is 1. The van der Waals surface area contributed by atoms with Gasteiger partial charge in [0.05, 0.1) is 0 Å². The molecule has 1 saturated heterocycles. The van der Waals surface area contributed by atoms with Crippen LogP contribution >= 0.6 is 0 Å². The number of Topliss-reactive ketones (excluding diaryl/α,β-unsaturated/α-hetero) is 1. The number of ketones is 1. The van der Waals surface area contributed by atoms with E-state index in [0.717, 1.165) is 44.5 Å². The number of hydrogen-bond acceptors (Lipinski definition) is 6. The number of hydrogen-bond donors (Lipinski definition) is 3. The number of nitrogens with one attached hydrogen (secondary N) is 1. The molecular weight excluding hydrogens is 370 g/mol. The van der Waals surface area contributed by atoms with Crippen molar-refractivity contribution in [1.82, 2.24) is 4.98 Å². The van der Waals surface area contributed by atoms with Gasteiger partial charge >= 0.3 is 0 Å². The van der Waals surface area contributed by atoms with Crippen LogP contribution in [0.2, 0.25) is 0 Å². The molecule has 3 rings (SSSR count). The fourth-order valence-corrected chi connectivity index (χ4v) is 3.04. The summed E-state index contributed by atoms with van der Waals surface area (Å²) in [6.07, 6.45) is 2.15. The molecule has 0 bridgehead atoms. The first-order chi connectivity index (χ1) is 13.8. The summed E-state index contributed by atoms with van der Waals surface area (Å²) < 4.78 is 0. The number of rotatable bonds is 5. The van der Waals surface area contributed by atoms with Crippen LogP contribution in [0.25, 0.3) is 0 Å². The van der Waals surface area contributed by atoms with Gasteiger partial charge in [-0.1, -0.05) is 12.1 Å². The number of aliphatic carboxylic acids is 1. The van der Waals surface area contributed by atoms with E-state index in [4.69, 9.17) is 21.0 Å². The molecule has 1 aromatic heterocycles. The first-order valence-electron chi connectivity index (χ1n) is 9.34. The molecular formula is C21H27N5O3. The monoisotopic (exact) mass is 397 g/mol. The SMILES string of the molecule is CC(=O)Cc1ccc(N2CCN(c3ccc(C(=N)N)cn3)CC2)cc1.CC(=O)O. The Morgan fingerprint density at radius 3 is 2.03 bits per heavy atom. The lowest BCUT2D eigenvalue weighted by atomic mass is 10.1. The Morgan fingerprint density at radius 1 is 1.03 bits per heavy atom. The van der Waals surface area contributed by atoms with E-state index in [2.05, 4.69) is 26.9 Å². The fourth-order valence-electron chi connectivity index (χ4n) is 3.04. The third kappa shape index (κ3) is 6.91. The molecule has 0 aliphatic carbocycles.